The largest absolute Gasteiger partial charge is 0.455 e. The molecule has 9 aromatic rings. The number of nitrogens with zero attached hydrogens (tertiary/aromatic N) is 4. The van der Waals surface area contributed by atoms with Gasteiger partial charge in [0.1, 0.15) is 11.2 Å². The van der Waals surface area contributed by atoms with Gasteiger partial charge in [-0.1, -0.05) is 109 Å². The Labute approximate surface area is 300 Å². The molecule has 0 radical (unpaired) electrons. The predicted molar refractivity (Wildman–Crippen MR) is 206 cm³/mol. The Kier molecular flexibility index (Phi) is 6.23. The zero-order chi connectivity index (χ0) is 34.3. The first-order valence-corrected chi connectivity index (χ1v) is 17.7. The number of fused-ring (bicyclic) bond motifs is 3. The predicted octanol–water partition coefficient (Wildman–Crippen LogP) is 11.1. The van der Waals surface area contributed by atoms with Crippen molar-refractivity contribution in [2.75, 3.05) is 0 Å². The van der Waals surface area contributed by atoms with Gasteiger partial charge in [0, 0.05) is 51.7 Å². The van der Waals surface area contributed by atoms with Crippen molar-refractivity contribution in [2.45, 2.75) is 18.8 Å². The van der Waals surface area contributed by atoms with E-state index in [0.29, 0.717) is 17.5 Å². The molecule has 0 amide bonds. The molecule has 6 aromatic carbocycles. The highest BCUT2D eigenvalue weighted by Crippen LogP contribution is 2.56. The van der Waals surface area contributed by atoms with E-state index in [1.54, 1.807) is 0 Å². The number of para-hydroxylation sites is 2. The molecule has 0 saturated carbocycles. The fraction of sp³-hybridized carbons (Fsp3) is 0.0638. The molecule has 0 spiro atoms. The van der Waals surface area contributed by atoms with Gasteiger partial charge in [0.05, 0.1) is 5.56 Å². The van der Waals surface area contributed by atoms with Gasteiger partial charge in [-0.2, -0.15) is 0 Å². The summed E-state index contributed by atoms with van der Waals surface area (Å²) >= 11 is 0. The lowest BCUT2D eigenvalue weighted by Gasteiger charge is -2.42. The van der Waals surface area contributed by atoms with Gasteiger partial charge in [0.25, 0.3) is 0 Å². The molecule has 2 bridgehead atoms. The van der Waals surface area contributed by atoms with Gasteiger partial charge in [0.2, 0.25) is 0 Å². The molecular weight excluding hydrogens is 637 g/mol. The molecule has 5 nitrogen and oxygen atoms in total. The van der Waals surface area contributed by atoms with Crippen LogP contribution in [0.2, 0.25) is 0 Å². The van der Waals surface area contributed by atoms with Gasteiger partial charge in [-0.3, -0.25) is 4.98 Å². The van der Waals surface area contributed by atoms with Crippen LogP contribution >= 0.6 is 0 Å². The average Bonchev–Trinajstić information content (AvgIpc) is 3.59. The molecule has 2 unspecified atom stereocenters. The molecular formula is C47H30N4O. The SMILES string of the molecule is Cc1cncc(-c2ccc3c(c2)C2c4ccccc4C3c3cc(-c4nc(-c5ccccc5)nc(-c5cccc6c5oc5ccccc56)n4)ccc32)c1. The van der Waals surface area contributed by atoms with Crippen molar-refractivity contribution in [3.63, 3.8) is 0 Å². The first kappa shape index (κ1) is 29.1. The Morgan fingerprint density at radius 3 is 1.83 bits per heavy atom. The summed E-state index contributed by atoms with van der Waals surface area (Å²) in [5.74, 6) is 2.09. The molecule has 5 heteroatoms. The lowest BCUT2D eigenvalue weighted by molar-refractivity contribution is 0.669. The second-order valence-corrected chi connectivity index (χ2v) is 13.9. The molecule has 3 heterocycles. The summed E-state index contributed by atoms with van der Waals surface area (Å²) in [4.78, 5) is 19.8. The summed E-state index contributed by atoms with van der Waals surface area (Å²) in [6.45, 7) is 2.10. The van der Waals surface area contributed by atoms with Gasteiger partial charge >= 0.3 is 0 Å². The second kappa shape index (κ2) is 11.1. The van der Waals surface area contributed by atoms with Crippen molar-refractivity contribution in [2.24, 2.45) is 0 Å². The molecule has 0 aliphatic heterocycles. The zero-order valence-corrected chi connectivity index (χ0v) is 28.3. The number of hydrogen-bond acceptors (Lipinski definition) is 5. The van der Waals surface area contributed by atoms with E-state index in [9.17, 15) is 0 Å². The van der Waals surface area contributed by atoms with Gasteiger partial charge in [-0.05, 0) is 81.8 Å². The molecule has 3 aliphatic rings. The summed E-state index contributed by atoms with van der Waals surface area (Å²) in [6.07, 6.45) is 3.87. The van der Waals surface area contributed by atoms with Crippen molar-refractivity contribution in [1.29, 1.82) is 0 Å². The van der Waals surface area contributed by atoms with Crippen molar-refractivity contribution in [3.8, 4) is 45.3 Å². The second-order valence-electron chi connectivity index (χ2n) is 13.9. The van der Waals surface area contributed by atoms with E-state index in [1.807, 2.05) is 67.0 Å². The van der Waals surface area contributed by atoms with Crippen LogP contribution in [0, 0.1) is 6.92 Å². The van der Waals surface area contributed by atoms with E-state index in [0.717, 1.165) is 49.8 Å². The van der Waals surface area contributed by atoms with Crippen molar-refractivity contribution in [3.05, 3.63) is 191 Å². The number of pyridine rings is 1. The lowest BCUT2D eigenvalue weighted by Crippen LogP contribution is -2.27. The number of aromatic nitrogens is 4. The van der Waals surface area contributed by atoms with E-state index in [1.165, 1.54) is 38.9 Å². The standard InChI is InChI=1S/C47H30N4O/c1-27-22-31(26-48-25-27)29-18-20-35-39(23-29)42-33-13-5-6-14-34(33)43(35)40-24-30(19-21-36(40)42)46-49-45(28-10-3-2-4-11-28)50-47(51-46)38-16-9-15-37-32-12-7-8-17-41(32)52-44(37)38/h2-26,42-43H,1H3. The minimum absolute atomic E-state index is 0.107. The normalized spacial score (nSPS) is 15.4. The number of rotatable bonds is 4. The van der Waals surface area contributed by atoms with Crippen LogP contribution in [-0.2, 0) is 0 Å². The minimum Gasteiger partial charge on any atom is -0.455 e. The van der Waals surface area contributed by atoms with Crippen molar-refractivity contribution >= 4 is 21.9 Å². The Bertz CT molecular complexity index is 2890. The third-order valence-electron chi connectivity index (χ3n) is 10.8. The summed E-state index contributed by atoms with van der Waals surface area (Å²) in [6, 6.07) is 49.4. The molecule has 3 aromatic heterocycles. The topological polar surface area (TPSA) is 64.7 Å². The maximum Gasteiger partial charge on any atom is 0.167 e. The van der Waals surface area contributed by atoms with Gasteiger partial charge in [-0.25, -0.2) is 15.0 Å². The van der Waals surface area contributed by atoms with E-state index in [2.05, 4.69) is 96.8 Å². The summed E-state index contributed by atoms with van der Waals surface area (Å²) in [5, 5.41) is 2.12. The Balaban J connectivity index is 1.09. The quantitative estimate of drug-likeness (QED) is 0.187. The fourth-order valence-corrected chi connectivity index (χ4v) is 8.51. The molecule has 0 fully saturated rings. The minimum atomic E-state index is 0.107. The van der Waals surface area contributed by atoms with Crippen molar-refractivity contribution in [1.82, 2.24) is 19.9 Å². The maximum absolute atomic E-state index is 6.44. The first-order valence-electron chi connectivity index (χ1n) is 17.7. The van der Waals surface area contributed by atoms with E-state index < -0.39 is 0 Å². The highest BCUT2D eigenvalue weighted by atomic mass is 16.3. The number of benzene rings is 6. The summed E-state index contributed by atoms with van der Waals surface area (Å²) < 4.78 is 6.44. The summed E-state index contributed by atoms with van der Waals surface area (Å²) in [5.41, 5.74) is 16.0. The van der Waals surface area contributed by atoms with Crippen LogP contribution in [0.5, 0.6) is 0 Å². The third-order valence-corrected chi connectivity index (χ3v) is 10.8. The highest BCUT2D eigenvalue weighted by molar-refractivity contribution is 6.09. The van der Waals surface area contributed by atoms with Crippen LogP contribution in [0.15, 0.2) is 156 Å². The Morgan fingerprint density at radius 1 is 0.442 bits per heavy atom. The van der Waals surface area contributed by atoms with Crippen LogP contribution in [0.1, 0.15) is 50.8 Å². The van der Waals surface area contributed by atoms with Crippen LogP contribution < -0.4 is 0 Å². The van der Waals surface area contributed by atoms with Gasteiger partial charge < -0.3 is 4.42 Å². The first-order chi connectivity index (χ1) is 25.7. The fourth-order valence-electron chi connectivity index (χ4n) is 8.51. The number of furan rings is 1. The average molecular weight is 667 g/mol. The smallest absolute Gasteiger partial charge is 0.167 e. The van der Waals surface area contributed by atoms with Crippen LogP contribution in [0.3, 0.4) is 0 Å². The van der Waals surface area contributed by atoms with E-state index in [-0.39, 0.29) is 11.8 Å². The van der Waals surface area contributed by atoms with Crippen molar-refractivity contribution < 1.29 is 4.42 Å². The monoisotopic (exact) mass is 666 g/mol. The van der Waals surface area contributed by atoms with Crippen LogP contribution in [-0.4, -0.2) is 19.9 Å². The molecule has 3 aliphatic carbocycles. The zero-order valence-electron chi connectivity index (χ0n) is 28.3. The lowest BCUT2D eigenvalue weighted by atomic mass is 9.60. The van der Waals surface area contributed by atoms with Crippen LogP contribution in [0.25, 0.3) is 67.2 Å². The highest BCUT2D eigenvalue weighted by Gasteiger charge is 2.41. The molecule has 52 heavy (non-hydrogen) atoms. The van der Waals surface area contributed by atoms with E-state index >= 15 is 0 Å². The van der Waals surface area contributed by atoms with E-state index in [4.69, 9.17) is 19.4 Å². The molecule has 2 atom stereocenters. The molecule has 0 saturated heterocycles. The number of aryl methyl sites for hydroxylation is 1. The third kappa shape index (κ3) is 4.36. The molecule has 244 valence electrons. The number of hydrogen-bond donors (Lipinski definition) is 0. The van der Waals surface area contributed by atoms with Gasteiger partial charge in [-0.15, -0.1) is 0 Å². The van der Waals surface area contributed by atoms with Gasteiger partial charge in [0.15, 0.2) is 17.5 Å². The molecule has 0 N–H and O–H groups in total. The molecule has 12 rings (SSSR count). The summed E-state index contributed by atoms with van der Waals surface area (Å²) in [7, 11) is 0. The maximum atomic E-state index is 6.44. The Morgan fingerprint density at radius 2 is 1.06 bits per heavy atom. The van der Waals surface area contributed by atoms with Crippen LogP contribution in [0.4, 0.5) is 0 Å². The Hall–Kier alpha value is -6.72.